The van der Waals surface area contributed by atoms with Gasteiger partial charge in [-0.3, -0.25) is 24.8 Å². The average molecular weight is 302 g/mol. The third-order valence-electron chi connectivity index (χ3n) is 2.89. The highest BCUT2D eigenvalue weighted by Crippen LogP contribution is 2.33. The molecule has 4 amide bonds. The van der Waals surface area contributed by atoms with Crippen molar-refractivity contribution in [3.05, 3.63) is 30.1 Å². The number of carbonyl (C=O) groups excluding carboxylic acids is 3. The summed E-state index contributed by atoms with van der Waals surface area (Å²) < 4.78 is 39.6. The first-order valence-corrected chi connectivity index (χ1v) is 5.58. The van der Waals surface area contributed by atoms with E-state index < -0.39 is 29.7 Å². The van der Waals surface area contributed by atoms with Crippen molar-refractivity contribution in [3.8, 4) is 0 Å². The second kappa shape index (κ2) is 4.72. The molecule has 0 bridgehead atoms. The second-order valence-electron chi connectivity index (χ2n) is 4.23. The molecule has 1 fully saturated rings. The van der Waals surface area contributed by atoms with Gasteiger partial charge in [0.15, 0.2) is 0 Å². The van der Waals surface area contributed by atoms with Crippen molar-refractivity contribution in [1.82, 2.24) is 20.5 Å². The van der Waals surface area contributed by atoms with Gasteiger partial charge in [-0.2, -0.15) is 13.2 Å². The number of carbonyl (C=O) groups is 3. The van der Waals surface area contributed by atoms with E-state index in [1.807, 2.05) is 0 Å². The number of likely N-dealkylation sites (N-methyl/N-ethyl adjacent to an activating group) is 1. The highest BCUT2D eigenvalue weighted by Gasteiger charge is 2.68. The SMILES string of the molecule is CN1C(=O)N[C@@](NC(=O)c2ccncc2)(C(F)(F)F)C1=O. The van der Waals surface area contributed by atoms with Gasteiger partial charge in [0, 0.05) is 25.0 Å². The molecule has 1 saturated heterocycles. The number of hydrogen-bond donors (Lipinski definition) is 2. The summed E-state index contributed by atoms with van der Waals surface area (Å²) in [6.45, 7) is 0. The fraction of sp³-hybridized carbons (Fsp3) is 0.273. The Hall–Kier alpha value is -2.65. The van der Waals surface area contributed by atoms with Gasteiger partial charge in [-0.1, -0.05) is 0 Å². The van der Waals surface area contributed by atoms with Gasteiger partial charge < -0.3 is 5.32 Å². The summed E-state index contributed by atoms with van der Waals surface area (Å²) in [7, 11) is 0.879. The lowest BCUT2D eigenvalue weighted by atomic mass is 10.1. The number of pyridine rings is 1. The lowest BCUT2D eigenvalue weighted by Gasteiger charge is -2.29. The van der Waals surface area contributed by atoms with Crippen molar-refractivity contribution in [2.45, 2.75) is 11.8 Å². The highest BCUT2D eigenvalue weighted by molar-refractivity contribution is 6.10. The van der Waals surface area contributed by atoms with Gasteiger partial charge >= 0.3 is 12.2 Å². The standard InChI is InChI=1S/C11H9F3N4O3/c1-18-8(20)10(11(12,13)14,17-9(18)21)16-7(19)6-2-4-15-5-3-6/h2-5H,1H3,(H,16,19)(H,17,21)/t10-/m1/s1. The highest BCUT2D eigenvalue weighted by atomic mass is 19.4. The molecule has 1 aliphatic rings. The number of aromatic nitrogens is 1. The van der Waals surface area contributed by atoms with Crippen molar-refractivity contribution in [3.63, 3.8) is 0 Å². The minimum Gasteiger partial charge on any atom is -0.314 e. The van der Waals surface area contributed by atoms with Gasteiger partial charge in [0.25, 0.3) is 17.5 Å². The minimum atomic E-state index is -5.20. The molecule has 10 heteroatoms. The molecular weight excluding hydrogens is 293 g/mol. The fourth-order valence-corrected chi connectivity index (χ4v) is 1.73. The Bertz CT molecular complexity index is 604. The molecular formula is C11H9F3N4O3. The third-order valence-corrected chi connectivity index (χ3v) is 2.89. The molecule has 21 heavy (non-hydrogen) atoms. The molecule has 2 rings (SSSR count). The van der Waals surface area contributed by atoms with Crippen molar-refractivity contribution in [2.75, 3.05) is 7.05 Å². The van der Waals surface area contributed by atoms with Crippen molar-refractivity contribution < 1.29 is 27.6 Å². The van der Waals surface area contributed by atoms with E-state index >= 15 is 0 Å². The van der Waals surface area contributed by atoms with Gasteiger partial charge in [-0.15, -0.1) is 0 Å². The number of amides is 4. The quantitative estimate of drug-likeness (QED) is 0.766. The first-order chi connectivity index (χ1) is 9.69. The first-order valence-electron chi connectivity index (χ1n) is 5.58. The molecule has 112 valence electrons. The number of alkyl halides is 3. The largest absolute Gasteiger partial charge is 0.440 e. The molecule has 7 nitrogen and oxygen atoms in total. The second-order valence-corrected chi connectivity index (χ2v) is 4.23. The number of hydrogen-bond acceptors (Lipinski definition) is 4. The van der Waals surface area contributed by atoms with Gasteiger partial charge in [-0.05, 0) is 12.1 Å². The zero-order valence-electron chi connectivity index (χ0n) is 10.6. The smallest absolute Gasteiger partial charge is 0.314 e. The Morgan fingerprint density at radius 2 is 1.90 bits per heavy atom. The maximum Gasteiger partial charge on any atom is 0.440 e. The normalized spacial score (nSPS) is 22.2. The van der Waals surface area contributed by atoms with E-state index in [0.717, 1.165) is 7.05 Å². The van der Waals surface area contributed by atoms with Crippen LogP contribution in [0.1, 0.15) is 10.4 Å². The predicted octanol–water partition coefficient (Wildman–Crippen LogP) is 0.252. The van der Waals surface area contributed by atoms with E-state index in [-0.39, 0.29) is 10.5 Å². The van der Waals surface area contributed by atoms with E-state index in [1.54, 1.807) is 5.32 Å². The van der Waals surface area contributed by atoms with Crippen LogP contribution in [0.25, 0.3) is 0 Å². The van der Waals surface area contributed by atoms with Crippen LogP contribution in [-0.4, -0.2) is 46.6 Å². The Morgan fingerprint density at radius 1 is 1.33 bits per heavy atom. The molecule has 1 aliphatic heterocycles. The molecule has 0 saturated carbocycles. The Kier molecular flexibility index (Phi) is 3.32. The van der Waals surface area contributed by atoms with Crippen LogP contribution in [0, 0.1) is 0 Å². The minimum absolute atomic E-state index is 0.134. The summed E-state index contributed by atoms with van der Waals surface area (Å²) in [5.74, 6) is -2.78. The molecule has 0 radical (unpaired) electrons. The van der Waals surface area contributed by atoms with Crippen LogP contribution < -0.4 is 10.6 Å². The summed E-state index contributed by atoms with van der Waals surface area (Å²) in [5, 5.41) is 3.02. The molecule has 2 heterocycles. The maximum atomic E-state index is 13.2. The molecule has 1 aromatic rings. The van der Waals surface area contributed by atoms with Crippen LogP contribution in [0.5, 0.6) is 0 Å². The van der Waals surface area contributed by atoms with Crippen LogP contribution in [0.4, 0.5) is 18.0 Å². The number of imide groups is 1. The fourth-order valence-electron chi connectivity index (χ4n) is 1.73. The maximum absolute atomic E-state index is 13.2. The predicted molar refractivity (Wildman–Crippen MR) is 61.8 cm³/mol. The monoisotopic (exact) mass is 302 g/mol. The number of urea groups is 1. The summed E-state index contributed by atoms with van der Waals surface area (Å²) in [5.41, 5.74) is -3.61. The van der Waals surface area contributed by atoms with Crippen molar-refractivity contribution >= 4 is 17.8 Å². The zero-order valence-corrected chi connectivity index (χ0v) is 10.6. The summed E-state index contributed by atoms with van der Waals surface area (Å²) in [6, 6.07) is 1.08. The zero-order chi connectivity index (χ0) is 15.8. The topological polar surface area (TPSA) is 91.4 Å². The Balaban J connectivity index is 2.38. The van der Waals surface area contributed by atoms with Crippen molar-refractivity contribution in [2.24, 2.45) is 0 Å². The number of halogens is 3. The number of rotatable bonds is 2. The lowest BCUT2D eigenvalue weighted by Crippen LogP contribution is -2.69. The van der Waals surface area contributed by atoms with Gasteiger partial charge in [-0.25, -0.2) is 4.79 Å². The first kappa shape index (κ1) is 14.8. The van der Waals surface area contributed by atoms with Gasteiger partial charge in [0.1, 0.15) is 0 Å². The Morgan fingerprint density at radius 3 is 2.33 bits per heavy atom. The lowest BCUT2D eigenvalue weighted by molar-refractivity contribution is -0.199. The number of nitrogens with zero attached hydrogens (tertiary/aromatic N) is 2. The van der Waals surface area contributed by atoms with E-state index in [1.165, 1.54) is 29.8 Å². The van der Waals surface area contributed by atoms with E-state index in [2.05, 4.69) is 4.98 Å². The van der Waals surface area contributed by atoms with Crippen LogP contribution in [0.2, 0.25) is 0 Å². The van der Waals surface area contributed by atoms with Crippen LogP contribution in [0.3, 0.4) is 0 Å². The molecule has 1 aromatic heterocycles. The molecule has 0 unspecified atom stereocenters. The summed E-state index contributed by atoms with van der Waals surface area (Å²) in [4.78, 5) is 38.8. The molecule has 0 aliphatic carbocycles. The molecule has 0 aromatic carbocycles. The van der Waals surface area contributed by atoms with Crippen LogP contribution in [-0.2, 0) is 4.79 Å². The van der Waals surface area contributed by atoms with E-state index in [0.29, 0.717) is 0 Å². The molecule has 1 atom stereocenters. The Labute approximate surface area is 116 Å². The molecule has 2 N–H and O–H groups in total. The summed E-state index contributed by atoms with van der Waals surface area (Å²) in [6.07, 6.45) is -2.79. The summed E-state index contributed by atoms with van der Waals surface area (Å²) >= 11 is 0. The number of nitrogens with one attached hydrogen (secondary N) is 2. The third kappa shape index (κ3) is 2.28. The molecule has 0 spiro atoms. The van der Waals surface area contributed by atoms with Gasteiger partial charge in [0.05, 0.1) is 0 Å². The van der Waals surface area contributed by atoms with E-state index in [9.17, 15) is 27.6 Å². The van der Waals surface area contributed by atoms with Crippen LogP contribution in [0.15, 0.2) is 24.5 Å². The average Bonchev–Trinajstić information content (AvgIpc) is 2.64. The van der Waals surface area contributed by atoms with Crippen molar-refractivity contribution in [1.29, 1.82) is 0 Å². The van der Waals surface area contributed by atoms with Gasteiger partial charge in [0.2, 0.25) is 0 Å². The van der Waals surface area contributed by atoms with E-state index in [4.69, 9.17) is 0 Å². The van der Waals surface area contributed by atoms with Crippen LogP contribution >= 0.6 is 0 Å².